The van der Waals surface area contributed by atoms with Gasteiger partial charge in [0.2, 0.25) is 0 Å². The number of thioether (sulfide) groups is 1. The average Bonchev–Trinajstić information content (AvgIpc) is 2.89. The first-order valence-corrected chi connectivity index (χ1v) is 8.10. The Balaban J connectivity index is 1.86. The Labute approximate surface area is 147 Å². The molecule has 0 atom stereocenters. The number of aliphatic imine (C=N–C) groups is 1. The highest BCUT2D eigenvalue weighted by Gasteiger charge is 2.24. The number of carbonyl (C=O) groups excluding carboxylic acids is 1. The van der Waals surface area contributed by atoms with Crippen molar-refractivity contribution in [3.8, 4) is 0 Å². The van der Waals surface area contributed by atoms with E-state index in [1.165, 1.54) is 23.9 Å². The first kappa shape index (κ1) is 16.3. The van der Waals surface area contributed by atoms with Gasteiger partial charge in [0.15, 0.2) is 5.17 Å². The summed E-state index contributed by atoms with van der Waals surface area (Å²) in [6.07, 6.45) is 1.63. The van der Waals surface area contributed by atoms with Crippen molar-refractivity contribution in [2.45, 2.75) is 0 Å². The Morgan fingerprint density at radius 1 is 1.21 bits per heavy atom. The van der Waals surface area contributed by atoms with E-state index in [0.29, 0.717) is 26.3 Å². The van der Waals surface area contributed by atoms with Gasteiger partial charge in [-0.2, -0.15) is 0 Å². The van der Waals surface area contributed by atoms with Crippen molar-refractivity contribution in [3.63, 3.8) is 0 Å². The number of aromatic carboxylic acids is 1. The van der Waals surface area contributed by atoms with Crippen molar-refractivity contribution in [2.24, 2.45) is 4.99 Å². The fourth-order valence-corrected chi connectivity index (χ4v) is 3.06. The van der Waals surface area contributed by atoms with E-state index in [1.54, 1.807) is 42.5 Å². The molecule has 120 valence electrons. The molecule has 1 amide bonds. The van der Waals surface area contributed by atoms with Gasteiger partial charge >= 0.3 is 5.97 Å². The molecule has 1 aliphatic rings. The van der Waals surface area contributed by atoms with Crippen LogP contribution in [0.15, 0.2) is 58.4 Å². The number of carboxylic acids is 1. The molecule has 0 saturated carbocycles. The number of amidine groups is 1. The van der Waals surface area contributed by atoms with Crippen LogP contribution >= 0.6 is 23.4 Å². The van der Waals surface area contributed by atoms with Crippen molar-refractivity contribution < 1.29 is 14.7 Å². The summed E-state index contributed by atoms with van der Waals surface area (Å²) < 4.78 is 0. The standard InChI is InChI=1S/C17H11ClN2O3S/c18-12-6-1-2-7-13(12)19-17-20-15(21)14(24-17)9-10-4-3-5-11(8-10)16(22)23/h1-9H,(H,22,23)(H,19,20,21)/b14-9-. The van der Waals surface area contributed by atoms with Gasteiger partial charge in [-0.05, 0) is 47.7 Å². The summed E-state index contributed by atoms with van der Waals surface area (Å²) in [6, 6.07) is 13.4. The number of carboxylic acid groups (broad SMARTS) is 1. The third-order valence-corrected chi connectivity index (χ3v) is 4.39. The van der Waals surface area contributed by atoms with Gasteiger partial charge in [0.05, 0.1) is 21.2 Å². The molecule has 0 aromatic heterocycles. The predicted molar refractivity (Wildman–Crippen MR) is 95.7 cm³/mol. The van der Waals surface area contributed by atoms with E-state index in [2.05, 4.69) is 10.3 Å². The number of nitrogens with zero attached hydrogens (tertiary/aromatic N) is 1. The highest BCUT2D eigenvalue weighted by Crippen LogP contribution is 2.30. The monoisotopic (exact) mass is 358 g/mol. The van der Waals surface area contributed by atoms with Crippen LogP contribution in [0.2, 0.25) is 5.02 Å². The van der Waals surface area contributed by atoms with Gasteiger partial charge in [-0.25, -0.2) is 9.79 Å². The Morgan fingerprint density at radius 3 is 2.75 bits per heavy atom. The second-order valence-corrected chi connectivity index (χ2v) is 6.30. The lowest BCUT2D eigenvalue weighted by atomic mass is 10.1. The lowest BCUT2D eigenvalue weighted by Gasteiger charge is -1.98. The Hall–Kier alpha value is -2.57. The number of hydrogen-bond acceptors (Lipinski definition) is 4. The minimum atomic E-state index is -1.01. The van der Waals surface area contributed by atoms with Crippen LogP contribution < -0.4 is 5.32 Å². The summed E-state index contributed by atoms with van der Waals surface area (Å²) in [7, 11) is 0. The number of carbonyl (C=O) groups is 2. The molecule has 0 radical (unpaired) electrons. The molecule has 3 rings (SSSR count). The highest BCUT2D eigenvalue weighted by atomic mass is 35.5. The quantitative estimate of drug-likeness (QED) is 0.815. The van der Waals surface area contributed by atoms with E-state index in [0.717, 1.165) is 0 Å². The summed E-state index contributed by atoms with van der Waals surface area (Å²) in [5, 5.41) is 12.6. The molecule has 2 aromatic rings. The van der Waals surface area contributed by atoms with Crippen LogP contribution in [0.3, 0.4) is 0 Å². The van der Waals surface area contributed by atoms with Crippen LogP contribution in [0.1, 0.15) is 15.9 Å². The van der Waals surface area contributed by atoms with E-state index in [9.17, 15) is 9.59 Å². The summed E-state index contributed by atoms with van der Waals surface area (Å²) in [5.41, 5.74) is 1.36. The molecule has 24 heavy (non-hydrogen) atoms. The van der Waals surface area contributed by atoms with Gasteiger partial charge < -0.3 is 10.4 Å². The van der Waals surface area contributed by atoms with Crippen LogP contribution in [-0.2, 0) is 4.79 Å². The number of hydrogen-bond donors (Lipinski definition) is 2. The number of para-hydroxylation sites is 1. The number of rotatable bonds is 3. The molecule has 2 aromatic carbocycles. The topological polar surface area (TPSA) is 78.8 Å². The van der Waals surface area contributed by atoms with Crippen molar-refractivity contribution in [1.82, 2.24) is 5.32 Å². The Bertz CT molecular complexity index is 893. The molecule has 1 aliphatic heterocycles. The molecule has 1 heterocycles. The summed E-state index contributed by atoms with van der Waals surface area (Å²) >= 11 is 7.23. The second kappa shape index (κ2) is 6.90. The highest BCUT2D eigenvalue weighted by molar-refractivity contribution is 8.18. The molecule has 0 spiro atoms. The van der Waals surface area contributed by atoms with Crippen molar-refractivity contribution in [3.05, 3.63) is 69.6 Å². The summed E-state index contributed by atoms with van der Waals surface area (Å²) in [6.45, 7) is 0. The zero-order valence-electron chi connectivity index (χ0n) is 12.2. The third-order valence-electron chi connectivity index (χ3n) is 3.16. The number of halogens is 1. The lowest BCUT2D eigenvalue weighted by Crippen LogP contribution is -2.19. The van der Waals surface area contributed by atoms with Gasteiger partial charge in [-0.15, -0.1) is 0 Å². The molecular weight excluding hydrogens is 348 g/mol. The largest absolute Gasteiger partial charge is 0.478 e. The maximum Gasteiger partial charge on any atom is 0.335 e. The van der Waals surface area contributed by atoms with Crippen LogP contribution in [0.5, 0.6) is 0 Å². The first-order valence-electron chi connectivity index (χ1n) is 6.90. The summed E-state index contributed by atoms with van der Waals surface area (Å²) in [4.78, 5) is 27.8. The Morgan fingerprint density at radius 2 is 2.00 bits per heavy atom. The molecule has 0 bridgehead atoms. The van der Waals surface area contributed by atoms with Crippen molar-refractivity contribution in [1.29, 1.82) is 0 Å². The number of benzene rings is 2. The van der Waals surface area contributed by atoms with Gasteiger partial charge in [-0.3, -0.25) is 4.79 Å². The van der Waals surface area contributed by atoms with E-state index in [1.807, 2.05) is 0 Å². The third kappa shape index (κ3) is 3.67. The SMILES string of the molecule is O=C1NC(=Nc2ccccc2Cl)S/C1=C\c1cccc(C(=O)O)c1. The fourth-order valence-electron chi connectivity index (χ4n) is 2.05. The van der Waals surface area contributed by atoms with E-state index in [4.69, 9.17) is 16.7 Å². The first-order chi connectivity index (χ1) is 11.5. The normalized spacial score (nSPS) is 17.3. The van der Waals surface area contributed by atoms with Crippen LogP contribution in [-0.4, -0.2) is 22.2 Å². The zero-order chi connectivity index (χ0) is 17.1. The molecule has 1 saturated heterocycles. The smallest absolute Gasteiger partial charge is 0.335 e. The Kier molecular flexibility index (Phi) is 4.69. The minimum absolute atomic E-state index is 0.165. The van der Waals surface area contributed by atoms with E-state index < -0.39 is 5.97 Å². The molecular formula is C17H11ClN2O3S. The molecule has 7 heteroatoms. The van der Waals surface area contributed by atoms with Gasteiger partial charge in [0.1, 0.15) is 0 Å². The maximum absolute atomic E-state index is 12.1. The van der Waals surface area contributed by atoms with Crippen LogP contribution in [0, 0.1) is 0 Å². The van der Waals surface area contributed by atoms with E-state index >= 15 is 0 Å². The summed E-state index contributed by atoms with van der Waals surface area (Å²) in [5.74, 6) is -1.30. The molecule has 5 nitrogen and oxygen atoms in total. The lowest BCUT2D eigenvalue weighted by molar-refractivity contribution is -0.115. The van der Waals surface area contributed by atoms with Gasteiger partial charge in [0, 0.05) is 0 Å². The zero-order valence-corrected chi connectivity index (χ0v) is 13.8. The number of amides is 1. The van der Waals surface area contributed by atoms with E-state index in [-0.39, 0.29) is 11.5 Å². The maximum atomic E-state index is 12.1. The molecule has 1 fully saturated rings. The van der Waals surface area contributed by atoms with Crippen LogP contribution in [0.4, 0.5) is 5.69 Å². The fraction of sp³-hybridized carbons (Fsp3) is 0. The average molecular weight is 359 g/mol. The number of nitrogens with one attached hydrogen (secondary N) is 1. The van der Waals surface area contributed by atoms with Gasteiger partial charge in [-0.1, -0.05) is 35.9 Å². The van der Waals surface area contributed by atoms with Gasteiger partial charge in [0.25, 0.3) is 5.91 Å². The predicted octanol–water partition coefficient (Wildman–Crippen LogP) is 3.93. The second-order valence-electron chi connectivity index (χ2n) is 4.86. The van der Waals surface area contributed by atoms with Crippen molar-refractivity contribution >= 4 is 52.2 Å². The molecule has 0 aliphatic carbocycles. The van der Waals surface area contributed by atoms with Crippen LogP contribution in [0.25, 0.3) is 6.08 Å². The molecule has 0 unspecified atom stereocenters. The minimum Gasteiger partial charge on any atom is -0.478 e. The molecule has 2 N–H and O–H groups in total. The van der Waals surface area contributed by atoms with Crippen molar-refractivity contribution in [2.75, 3.05) is 0 Å².